The number of aliphatic hydroxyl groups is 1. The summed E-state index contributed by atoms with van der Waals surface area (Å²) in [4.78, 5) is 0. The number of nitriles is 1. The molecular weight excluding hydrogens is 186 g/mol. The minimum atomic E-state index is -0.388. The Morgan fingerprint density at radius 2 is 2.07 bits per heavy atom. The highest BCUT2D eigenvalue weighted by atomic mass is 16.3. The number of rotatable bonds is 2. The molecule has 2 nitrogen and oxygen atoms in total. The summed E-state index contributed by atoms with van der Waals surface area (Å²) in [7, 11) is 0. The van der Waals surface area contributed by atoms with Gasteiger partial charge in [-0.25, -0.2) is 0 Å². The van der Waals surface area contributed by atoms with Crippen molar-refractivity contribution < 1.29 is 5.11 Å². The Morgan fingerprint density at radius 1 is 1.33 bits per heavy atom. The van der Waals surface area contributed by atoms with Crippen LogP contribution in [0.2, 0.25) is 0 Å². The first kappa shape index (κ1) is 10.2. The van der Waals surface area contributed by atoms with Crippen molar-refractivity contribution in [2.45, 2.75) is 31.8 Å². The van der Waals surface area contributed by atoms with E-state index in [1.165, 1.54) is 12.8 Å². The molecule has 0 heterocycles. The van der Waals surface area contributed by atoms with Crippen LogP contribution < -0.4 is 0 Å². The molecule has 0 aromatic heterocycles. The Morgan fingerprint density at radius 3 is 2.73 bits per heavy atom. The van der Waals surface area contributed by atoms with Gasteiger partial charge in [-0.05, 0) is 36.5 Å². The van der Waals surface area contributed by atoms with Gasteiger partial charge in [0.1, 0.15) is 0 Å². The molecule has 1 aliphatic rings. The average Bonchev–Trinajstić information content (AvgIpc) is 2.81. The van der Waals surface area contributed by atoms with Crippen LogP contribution in [0.15, 0.2) is 24.3 Å². The molecule has 0 saturated heterocycles. The molecule has 1 saturated carbocycles. The third-order valence-electron chi connectivity index (χ3n) is 3.20. The number of benzene rings is 1. The lowest BCUT2D eigenvalue weighted by Crippen LogP contribution is -2.08. The Labute approximate surface area is 90.2 Å². The van der Waals surface area contributed by atoms with E-state index in [-0.39, 0.29) is 6.10 Å². The first-order valence-electron chi connectivity index (χ1n) is 5.49. The lowest BCUT2D eigenvalue weighted by atomic mass is 9.93. The SMILES string of the molecule is N#Cc1cccc(C(O)C2CCCC2)c1. The zero-order valence-electron chi connectivity index (χ0n) is 8.69. The van der Waals surface area contributed by atoms with E-state index in [0.29, 0.717) is 11.5 Å². The molecule has 1 atom stereocenters. The van der Waals surface area contributed by atoms with E-state index in [4.69, 9.17) is 5.26 Å². The smallest absolute Gasteiger partial charge is 0.0991 e. The third kappa shape index (κ3) is 2.19. The zero-order valence-corrected chi connectivity index (χ0v) is 8.69. The summed E-state index contributed by atoms with van der Waals surface area (Å²) in [5, 5.41) is 18.9. The predicted molar refractivity (Wildman–Crippen MR) is 58.1 cm³/mol. The number of aliphatic hydroxyl groups excluding tert-OH is 1. The summed E-state index contributed by atoms with van der Waals surface area (Å²) in [6.45, 7) is 0. The van der Waals surface area contributed by atoms with Gasteiger partial charge in [0.05, 0.1) is 17.7 Å². The van der Waals surface area contributed by atoms with Crippen LogP contribution in [0.5, 0.6) is 0 Å². The monoisotopic (exact) mass is 201 g/mol. The maximum Gasteiger partial charge on any atom is 0.0991 e. The van der Waals surface area contributed by atoms with E-state index >= 15 is 0 Å². The van der Waals surface area contributed by atoms with E-state index in [2.05, 4.69) is 6.07 Å². The van der Waals surface area contributed by atoms with Crippen molar-refractivity contribution in [3.63, 3.8) is 0 Å². The minimum Gasteiger partial charge on any atom is -0.388 e. The Bertz CT molecular complexity index is 374. The van der Waals surface area contributed by atoms with Gasteiger partial charge in [-0.2, -0.15) is 5.26 Å². The molecule has 0 bridgehead atoms. The standard InChI is InChI=1S/C13H15NO/c14-9-10-4-3-7-12(8-10)13(15)11-5-1-2-6-11/h3-4,7-8,11,13,15H,1-2,5-6H2. The van der Waals surface area contributed by atoms with Crippen LogP contribution in [0.4, 0.5) is 0 Å². The van der Waals surface area contributed by atoms with Gasteiger partial charge >= 0.3 is 0 Å². The fourth-order valence-electron chi connectivity index (χ4n) is 2.34. The van der Waals surface area contributed by atoms with Crippen molar-refractivity contribution in [3.8, 4) is 6.07 Å². The highest BCUT2D eigenvalue weighted by Crippen LogP contribution is 2.35. The maximum absolute atomic E-state index is 10.1. The molecule has 0 aliphatic heterocycles. The average molecular weight is 201 g/mol. The lowest BCUT2D eigenvalue weighted by Gasteiger charge is -2.17. The van der Waals surface area contributed by atoms with Crippen molar-refractivity contribution in [1.82, 2.24) is 0 Å². The van der Waals surface area contributed by atoms with Crippen LogP contribution in [0, 0.1) is 17.2 Å². The quantitative estimate of drug-likeness (QED) is 0.799. The molecule has 1 aromatic rings. The van der Waals surface area contributed by atoms with E-state index in [9.17, 15) is 5.11 Å². The Kier molecular flexibility index (Phi) is 3.03. The lowest BCUT2D eigenvalue weighted by molar-refractivity contribution is 0.111. The van der Waals surface area contributed by atoms with Gasteiger partial charge in [0.25, 0.3) is 0 Å². The second-order valence-electron chi connectivity index (χ2n) is 4.23. The summed E-state index contributed by atoms with van der Waals surface area (Å²) in [6, 6.07) is 9.41. The van der Waals surface area contributed by atoms with Gasteiger partial charge in [0.2, 0.25) is 0 Å². The van der Waals surface area contributed by atoms with Gasteiger partial charge in [-0.1, -0.05) is 25.0 Å². The molecule has 1 N–H and O–H groups in total. The van der Waals surface area contributed by atoms with Gasteiger partial charge in [0.15, 0.2) is 0 Å². The molecule has 1 aromatic carbocycles. The van der Waals surface area contributed by atoms with Crippen molar-refractivity contribution in [3.05, 3.63) is 35.4 Å². The first-order valence-corrected chi connectivity index (χ1v) is 5.49. The minimum absolute atomic E-state index is 0.388. The van der Waals surface area contributed by atoms with Gasteiger partial charge in [-0.15, -0.1) is 0 Å². The molecule has 0 spiro atoms. The Hall–Kier alpha value is -1.33. The van der Waals surface area contributed by atoms with Gasteiger partial charge in [-0.3, -0.25) is 0 Å². The largest absolute Gasteiger partial charge is 0.388 e. The molecule has 78 valence electrons. The second-order valence-corrected chi connectivity index (χ2v) is 4.23. The highest BCUT2D eigenvalue weighted by molar-refractivity contribution is 5.33. The predicted octanol–water partition coefficient (Wildman–Crippen LogP) is 2.78. The fraction of sp³-hybridized carbons (Fsp3) is 0.462. The van der Waals surface area contributed by atoms with E-state index in [0.717, 1.165) is 18.4 Å². The fourth-order valence-corrected chi connectivity index (χ4v) is 2.34. The molecular formula is C13H15NO. The number of nitrogens with zero attached hydrogens (tertiary/aromatic N) is 1. The molecule has 1 fully saturated rings. The molecule has 2 rings (SSSR count). The second kappa shape index (κ2) is 4.46. The van der Waals surface area contributed by atoms with Crippen LogP contribution >= 0.6 is 0 Å². The van der Waals surface area contributed by atoms with E-state index in [1.807, 2.05) is 12.1 Å². The third-order valence-corrected chi connectivity index (χ3v) is 3.20. The van der Waals surface area contributed by atoms with E-state index in [1.54, 1.807) is 12.1 Å². The summed E-state index contributed by atoms with van der Waals surface area (Å²) >= 11 is 0. The number of hydrogen-bond acceptors (Lipinski definition) is 2. The van der Waals surface area contributed by atoms with Crippen molar-refractivity contribution in [1.29, 1.82) is 5.26 Å². The van der Waals surface area contributed by atoms with Crippen LogP contribution in [0.25, 0.3) is 0 Å². The Balaban J connectivity index is 2.17. The zero-order chi connectivity index (χ0) is 10.7. The molecule has 15 heavy (non-hydrogen) atoms. The summed E-state index contributed by atoms with van der Waals surface area (Å²) in [5.41, 5.74) is 1.52. The van der Waals surface area contributed by atoms with Crippen LogP contribution in [0.3, 0.4) is 0 Å². The number of hydrogen-bond donors (Lipinski definition) is 1. The van der Waals surface area contributed by atoms with Crippen LogP contribution in [0.1, 0.15) is 42.9 Å². The topological polar surface area (TPSA) is 44.0 Å². The summed E-state index contributed by atoms with van der Waals surface area (Å²) < 4.78 is 0. The molecule has 1 unspecified atom stereocenters. The molecule has 1 aliphatic carbocycles. The normalized spacial score (nSPS) is 18.7. The maximum atomic E-state index is 10.1. The van der Waals surface area contributed by atoms with Gasteiger partial charge in [0, 0.05) is 0 Å². The van der Waals surface area contributed by atoms with Crippen LogP contribution in [-0.2, 0) is 0 Å². The summed E-state index contributed by atoms with van der Waals surface area (Å²) in [5.74, 6) is 0.388. The summed E-state index contributed by atoms with van der Waals surface area (Å²) in [6.07, 6.45) is 4.27. The first-order chi connectivity index (χ1) is 7.31. The van der Waals surface area contributed by atoms with Crippen molar-refractivity contribution >= 4 is 0 Å². The molecule has 2 heteroatoms. The molecule has 0 radical (unpaired) electrons. The van der Waals surface area contributed by atoms with E-state index < -0.39 is 0 Å². The highest BCUT2D eigenvalue weighted by Gasteiger charge is 2.24. The molecule has 0 amide bonds. The van der Waals surface area contributed by atoms with Crippen LogP contribution in [-0.4, -0.2) is 5.11 Å². The van der Waals surface area contributed by atoms with Crippen molar-refractivity contribution in [2.75, 3.05) is 0 Å². The van der Waals surface area contributed by atoms with Crippen molar-refractivity contribution in [2.24, 2.45) is 5.92 Å². The van der Waals surface area contributed by atoms with Gasteiger partial charge < -0.3 is 5.11 Å².